The predicted molar refractivity (Wildman–Crippen MR) is 56.2 cm³/mol. The minimum Gasteiger partial charge on any atom is -0.477 e. The molecule has 0 aliphatic heterocycles. The lowest BCUT2D eigenvalue weighted by molar-refractivity contribution is 0.0229. The number of aliphatic hydroxyl groups is 2. The summed E-state index contributed by atoms with van der Waals surface area (Å²) in [4.78, 5) is 16.8. The molecule has 0 amide bonds. The second kappa shape index (κ2) is 5.80. The first kappa shape index (κ1) is 12.9. The molecule has 1 aromatic heterocycles. The van der Waals surface area contributed by atoms with E-state index >= 15 is 0 Å². The number of rotatable bonds is 5. The van der Waals surface area contributed by atoms with Crippen molar-refractivity contribution in [1.82, 2.24) is 4.98 Å². The molecule has 90 valence electrons. The van der Waals surface area contributed by atoms with E-state index in [1.54, 1.807) is 0 Å². The quantitative estimate of drug-likeness (QED) is 0.389. The summed E-state index contributed by atoms with van der Waals surface area (Å²) in [6.07, 6.45) is -1.59. The van der Waals surface area contributed by atoms with E-state index in [1.165, 1.54) is 18.3 Å². The van der Waals surface area contributed by atoms with Crippen molar-refractivity contribution in [3.63, 3.8) is 0 Å². The number of pyridine rings is 1. The van der Waals surface area contributed by atoms with Crippen LogP contribution in [0.1, 0.15) is 22.2 Å². The van der Waals surface area contributed by atoms with Crippen LogP contribution in [0, 0.1) is 0 Å². The van der Waals surface area contributed by atoms with Crippen LogP contribution >= 0.6 is 0 Å². The van der Waals surface area contributed by atoms with Gasteiger partial charge in [0.1, 0.15) is 6.10 Å². The highest BCUT2D eigenvalue weighted by atomic mass is 16.4. The molecule has 0 saturated carbocycles. The van der Waals surface area contributed by atoms with Crippen LogP contribution in [0.25, 0.3) is 10.4 Å². The summed E-state index contributed by atoms with van der Waals surface area (Å²) in [5.41, 5.74) is 7.70. The molecule has 0 aliphatic carbocycles. The molecule has 1 heterocycles. The third-order valence-electron chi connectivity index (χ3n) is 2.06. The Hall–Kier alpha value is -2.15. The Kier molecular flexibility index (Phi) is 4.41. The maximum atomic E-state index is 10.8. The van der Waals surface area contributed by atoms with Crippen LogP contribution in [0.4, 0.5) is 0 Å². The van der Waals surface area contributed by atoms with Crippen molar-refractivity contribution in [3.8, 4) is 0 Å². The molecule has 0 spiro atoms. The number of aromatic carboxylic acids is 1. The van der Waals surface area contributed by atoms with Crippen LogP contribution in [0.15, 0.2) is 23.4 Å². The molecule has 0 aromatic carbocycles. The Morgan fingerprint density at radius 1 is 1.59 bits per heavy atom. The number of carboxylic acid groups (broad SMARTS) is 1. The highest BCUT2D eigenvalue weighted by Crippen LogP contribution is 2.20. The van der Waals surface area contributed by atoms with Crippen molar-refractivity contribution in [3.05, 3.63) is 40.0 Å². The van der Waals surface area contributed by atoms with Crippen LogP contribution in [0.2, 0.25) is 0 Å². The number of hydrogen-bond donors (Lipinski definition) is 3. The number of aromatic nitrogens is 1. The summed E-state index contributed by atoms with van der Waals surface area (Å²) in [7, 11) is 0. The summed E-state index contributed by atoms with van der Waals surface area (Å²) < 4.78 is 0. The number of aliphatic hydroxyl groups excluding tert-OH is 2. The van der Waals surface area contributed by atoms with Gasteiger partial charge in [-0.2, -0.15) is 0 Å². The van der Waals surface area contributed by atoms with E-state index in [0.29, 0.717) is 0 Å². The topological polar surface area (TPSA) is 139 Å². The van der Waals surface area contributed by atoms with Gasteiger partial charge in [-0.1, -0.05) is 11.2 Å². The highest BCUT2D eigenvalue weighted by molar-refractivity contribution is 5.87. The first-order valence-electron chi connectivity index (χ1n) is 4.63. The van der Waals surface area contributed by atoms with Gasteiger partial charge in [0.25, 0.3) is 0 Å². The molecule has 8 nitrogen and oxygen atoms in total. The zero-order valence-corrected chi connectivity index (χ0v) is 8.63. The first-order chi connectivity index (χ1) is 8.07. The van der Waals surface area contributed by atoms with E-state index < -0.39 is 18.2 Å². The molecule has 1 rings (SSSR count). The lowest BCUT2D eigenvalue weighted by Crippen LogP contribution is -2.23. The molecule has 0 aliphatic rings. The number of carbonyl (C=O) groups is 1. The Morgan fingerprint density at radius 3 is 2.88 bits per heavy atom. The smallest absolute Gasteiger partial charge is 0.354 e. The number of nitrogens with zero attached hydrogens (tertiary/aromatic N) is 4. The van der Waals surface area contributed by atoms with Gasteiger partial charge in [-0.05, 0) is 11.6 Å². The molecule has 0 radical (unpaired) electrons. The van der Waals surface area contributed by atoms with E-state index in [0.717, 1.165) is 0 Å². The minimum atomic E-state index is -1.47. The number of carboxylic acids is 1. The Bertz CT molecular complexity index is 458. The third kappa shape index (κ3) is 3.15. The van der Waals surface area contributed by atoms with E-state index in [-0.39, 0.29) is 17.8 Å². The maximum absolute atomic E-state index is 10.8. The lowest BCUT2D eigenvalue weighted by atomic mass is 10.0. The van der Waals surface area contributed by atoms with E-state index in [4.69, 9.17) is 10.6 Å². The second-order valence-corrected chi connectivity index (χ2v) is 3.17. The van der Waals surface area contributed by atoms with Gasteiger partial charge in [-0.3, -0.25) is 0 Å². The monoisotopic (exact) mass is 238 g/mol. The van der Waals surface area contributed by atoms with Crippen molar-refractivity contribution in [2.24, 2.45) is 5.11 Å². The molecule has 0 fully saturated rings. The predicted octanol–water partition coefficient (Wildman–Crippen LogP) is 0.484. The molecule has 1 aromatic rings. The van der Waals surface area contributed by atoms with Crippen molar-refractivity contribution in [2.45, 2.75) is 12.2 Å². The summed E-state index contributed by atoms with van der Waals surface area (Å²) in [6, 6.07) is 2.77. The van der Waals surface area contributed by atoms with Crippen LogP contribution in [0.3, 0.4) is 0 Å². The minimum absolute atomic E-state index is 0.0272. The van der Waals surface area contributed by atoms with Gasteiger partial charge in [0.15, 0.2) is 5.69 Å². The van der Waals surface area contributed by atoms with Gasteiger partial charge in [0.05, 0.1) is 12.6 Å². The Morgan fingerprint density at radius 2 is 2.29 bits per heavy atom. The molecule has 8 heteroatoms. The molecule has 0 bridgehead atoms. The zero-order valence-electron chi connectivity index (χ0n) is 8.63. The van der Waals surface area contributed by atoms with Crippen LogP contribution in [-0.4, -0.2) is 38.9 Å². The van der Waals surface area contributed by atoms with E-state index in [9.17, 15) is 15.0 Å². The number of hydrogen-bond acceptors (Lipinski definition) is 5. The van der Waals surface area contributed by atoms with Gasteiger partial charge in [-0.25, -0.2) is 9.78 Å². The molecular formula is C9H10N4O4. The fourth-order valence-electron chi connectivity index (χ4n) is 1.26. The maximum Gasteiger partial charge on any atom is 0.354 e. The normalized spacial score (nSPS) is 13.5. The fourth-order valence-corrected chi connectivity index (χ4v) is 1.26. The third-order valence-corrected chi connectivity index (χ3v) is 2.06. The van der Waals surface area contributed by atoms with Gasteiger partial charge in [0.2, 0.25) is 0 Å². The van der Waals surface area contributed by atoms with Crippen LogP contribution in [0.5, 0.6) is 0 Å². The number of azide groups is 1. The average Bonchev–Trinajstić information content (AvgIpc) is 2.34. The highest BCUT2D eigenvalue weighted by Gasteiger charge is 2.23. The van der Waals surface area contributed by atoms with Gasteiger partial charge >= 0.3 is 5.97 Å². The Labute approximate surface area is 95.8 Å². The van der Waals surface area contributed by atoms with Crippen molar-refractivity contribution in [1.29, 1.82) is 0 Å². The zero-order chi connectivity index (χ0) is 12.8. The first-order valence-corrected chi connectivity index (χ1v) is 4.63. The van der Waals surface area contributed by atoms with Gasteiger partial charge < -0.3 is 15.3 Å². The van der Waals surface area contributed by atoms with Crippen molar-refractivity contribution in [2.75, 3.05) is 6.54 Å². The average molecular weight is 238 g/mol. The summed E-state index contributed by atoms with van der Waals surface area (Å²) in [5, 5.41) is 31.1. The summed E-state index contributed by atoms with van der Waals surface area (Å²) >= 11 is 0. The summed E-state index contributed by atoms with van der Waals surface area (Å²) in [5.74, 6) is -1.31. The molecule has 0 saturated heterocycles. The lowest BCUT2D eigenvalue weighted by Gasteiger charge is -2.17. The second-order valence-electron chi connectivity index (χ2n) is 3.17. The largest absolute Gasteiger partial charge is 0.477 e. The molecular weight excluding hydrogens is 228 g/mol. The molecule has 2 atom stereocenters. The van der Waals surface area contributed by atoms with Gasteiger partial charge in [0, 0.05) is 16.7 Å². The van der Waals surface area contributed by atoms with Crippen LogP contribution in [-0.2, 0) is 0 Å². The van der Waals surface area contributed by atoms with Gasteiger partial charge in [-0.15, -0.1) is 0 Å². The molecule has 3 N–H and O–H groups in total. The van der Waals surface area contributed by atoms with Crippen molar-refractivity contribution >= 4 is 5.97 Å². The Balaban J connectivity index is 2.98. The van der Waals surface area contributed by atoms with Crippen LogP contribution < -0.4 is 0 Å². The fraction of sp³-hybridized carbons (Fsp3) is 0.333. The van der Waals surface area contributed by atoms with Crippen molar-refractivity contribution < 1.29 is 20.1 Å². The molecule has 17 heavy (non-hydrogen) atoms. The standard InChI is InChI=1S/C9H10N4O4/c10-13-12-4-6(14)8(15)5-2-1-3-11-7(5)9(16)17/h1-3,6,8,14-15H,4H2,(H,16,17). The summed E-state index contributed by atoms with van der Waals surface area (Å²) in [6.45, 7) is -0.356. The van der Waals surface area contributed by atoms with E-state index in [1.807, 2.05) is 0 Å². The molecule has 2 unspecified atom stereocenters. The SMILES string of the molecule is [N-]=[N+]=NCC(O)C(O)c1cccnc1C(=O)O. The van der Waals surface area contributed by atoms with E-state index in [2.05, 4.69) is 15.0 Å².